The van der Waals surface area contributed by atoms with Crippen LogP contribution in [0.15, 0.2) is 0 Å². The molecule has 0 amide bonds. The minimum absolute atomic E-state index is 0.115. The summed E-state index contributed by atoms with van der Waals surface area (Å²) >= 11 is 0. The lowest BCUT2D eigenvalue weighted by atomic mass is 10.1. The molecule has 1 rings (SSSR count). The van der Waals surface area contributed by atoms with Gasteiger partial charge in [0.2, 0.25) is 0 Å². The van der Waals surface area contributed by atoms with E-state index >= 15 is 0 Å². The quantitative estimate of drug-likeness (QED) is 0.827. The van der Waals surface area contributed by atoms with Crippen LogP contribution in [0, 0.1) is 0 Å². The third-order valence-electron chi connectivity index (χ3n) is 2.16. The number of hydrogen-bond donors (Lipinski definition) is 1. The lowest BCUT2D eigenvalue weighted by Gasteiger charge is -2.19. The molecule has 0 atom stereocenters. The molecule has 0 aliphatic carbocycles. The molecule has 4 heteroatoms. The van der Waals surface area contributed by atoms with Crippen molar-refractivity contribution in [3.63, 3.8) is 0 Å². The van der Waals surface area contributed by atoms with Gasteiger partial charge in [0.05, 0.1) is 6.54 Å². The van der Waals surface area contributed by atoms with Gasteiger partial charge in [-0.2, -0.15) is 5.10 Å². The van der Waals surface area contributed by atoms with Crippen LogP contribution in [0.2, 0.25) is 0 Å². The van der Waals surface area contributed by atoms with E-state index in [1.807, 2.05) is 11.7 Å². The van der Waals surface area contributed by atoms with Gasteiger partial charge in [-0.15, -0.1) is 0 Å². The van der Waals surface area contributed by atoms with Crippen molar-refractivity contribution in [3.8, 4) is 0 Å². The molecule has 0 unspecified atom stereocenters. The van der Waals surface area contributed by atoms with E-state index < -0.39 is 0 Å². The molecule has 86 valence electrons. The molecule has 0 fully saturated rings. The highest BCUT2D eigenvalue weighted by atomic mass is 15.3. The topological polar surface area (TPSA) is 42.7 Å². The zero-order valence-electron chi connectivity index (χ0n) is 10.6. The summed E-state index contributed by atoms with van der Waals surface area (Å²) in [6.07, 6.45) is 0. The van der Waals surface area contributed by atoms with E-state index in [-0.39, 0.29) is 5.54 Å². The summed E-state index contributed by atoms with van der Waals surface area (Å²) < 4.78 is 1.86. The molecule has 0 aliphatic heterocycles. The fraction of sp³-hybridized carbons (Fsp3) is 0.818. The Hall–Kier alpha value is -0.900. The zero-order chi connectivity index (χ0) is 11.6. The van der Waals surface area contributed by atoms with Gasteiger partial charge in [0.1, 0.15) is 5.82 Å². The predicted molar refractivity (Wildman–Crippen MR) is 61.7 cm³/mol. The molecule has 0 aliphatic rings. The summed E-state index contributed by atoms with van der Waals surface area (Å²) in [6.45, 7) is 11.4. The molecule has 0 saturated carbocycles. The number of rotatable bonds is 3. The van der Waals surface area contributed by atoms with Crippen molar-refractivity contribution in [1.29, 1.82) is 0 Å². The maximum atomic E-state index is 4.50. The van der Waals surface area contributed by atoms with E-state index in [2.05, 4.69) is 50.0 Å². The number of hydrogen-bond acceptors (Lipinski definition) is 3. The first-order valence-electron chi connectivity index (χ1n) is 5.44. The molecule has 1 aromatic rings. The molecule has 0 radical (unpaired) electrons. The largest absolute Gasteiger partial charge is 0.305 e. The van der Waals surface area contributed by atoms with Crippen molar-refractivity contribution in [2.75, 3.05) is 0 Å². The molecule has 1 heterocycles. The fourth-order valence-corrected chi connectivity index (χ4v) is 1.18. The molecule has 4 nitrogen and oxygen atoms in total. The van der Waals surface area contributed by atoms with Crippen molar-refractivity contribution in [1.82, 2.24) is 20.1 Å². The van der Waals surface area contributed by atoms with Gasteiger partial charge in [0.25, 0.3) is 0 Å². The summed E-state index contributed by atoms with van der Waals surface area (Å²) in [5, 5.41) is 7.78. The number of nitrogens with one attached hydrogen (secondary N) is 1. The minimum atomic E-state index is 0.115. The average Bonchev–Trinajstić information content (AvgIpc) is 2.42. The third kappa shape index (κ3) is 3.63. The maximum Gasteiger partial charge on any atom is 0.153 e. The second-order valence-electron chi connectivity index (χ2n) is 5.27. The first-order chi connectivity index (χ1) is 6.79. The lowest BCUT2D eigenvalue weighted by Crippen LogP contribution is -2.35. The minimum Gasteiger partial charge on any atom is -0.305 e. The van der Waals surface area contributed by atoms with Gasteiger partial charge in [0, 0.05) is 18.5 Å². The van der Waals surface area contributed by atoms with E-state index in [9.17, 15) is 0 Å². The highest BCUT2D eigenvalue weighted by molar-refractivity contribution is 4.97. The molecule has 1 N–H and O–H groups in total. The summed E-state index contributed by atoms with van der Waals surface area (Å²) in [5.41, 5.74) is 0.115. The molecular formula is C11H22N4. The molecule has 0 spiro atoms. The molecule has 0 bridgehead atoms. The lowest BCUT2D eigenvalue weighted by molar-refractivity contribution is 0.412. The van der Waals surface area contributed by atoms with Crippen molar-refractivity contribution in [2.24, 2.45) is 7.05 Å². The van der Waals surface area contributed by atoms with Crippen LogP contribution in [0.25, 0.3) is 0 Å². The Morgan fingerprint density at radius 1 is 1.33 bits per heavy atom. The smallest absolute Gasteiger partial charge is 0.153 e. The van der Waals surface area contributed by atoms with Crippen LogP contribution < -0.4 is 5.32 Å². The van der Waals surface area contributed by atoms with E-state index in [1.165, 1.54) is 0 Å². The molecular weight excluding hydrogens is 188 g/mol. The highest BCUT2D eigenvalue weighted by Gasteiger charge is 2.13. The number of nitrogens with zero attached hydrogens (tertiary/aromatic N) is 3. The van der Waals surface area contributed by atoms with Gasteiger partial charge in [-0.05, 0) is 20.8 Å². The summed E-state index contributed by atoms with van der Waals surface area (Å²) in [7, 11) is 1.94. The van der Waals surface area contributed by atoms with Crippen LogP contribution in [-0.2, 0) is 13.6 Å². The van der Waals surface area contributed by atoms with Crippen LogP contribution in [0.4, 0.5) is 0 Å². The van der Waals surface area contributed by atoms with Crippen molar-refractivity contribution in [3.05, 3.63) is 11.6 Å². The Balaban J connectivity index is 2.69. The Labute approximate surface area is 92.1 Å². The Bertz CT molecular complexity index is 320. The summed E-state index contributed by atoms with van der Waals surface area (Å²) in [4.78, 5) is 4.50. The van der Waals surface area contributed by atoms with Gasteiger partial charge in [-0.1, -0.05) is 13.8 Å². The SMILES string of the molecule is CC(C)c1nc(CNC(C)(C)C)n(C)n1. The number of aryl methyl sites for hydroxylation is 1. The van der Waals surface area contributed by atoms with Gasteiger partial charge in [-0.25, -0.2) is 4.98 Å². The van der Waals surface area contributed by atoms with Crippen molar-refractivity contribution in [2.45, 2.75) is 52.6 Å². The number of aromatic nitrogens is 3. The standard InChI is InChI=1S/C11H22N4/c1-8(2)10-13-9(15(6)14-10)7-12-11(3,4)5/h8,12H,7H2,1-6H3. The first kappa shape index (κ1) is 12.2. The first-order valence-corrected chi connectivity index (χ1v) is 5.44. The van der Waals surface area contributed by atoms with E-state index in [4.69, 9.17) is 0 Å². The predicted octanol–water partition coefficient (Wildman–Crippen LogP) is 1.83. The van der Waals surface area contributed by atoms with Gasteiger partial charge in [0.15, 0.2) is 5.82 Å². The fourth-order valence-electron chi connectivity index (χ4n) is 1.18. The Morgan fingerprint density at radius 3 is 2.33 bits per heavy atom. The van der Waals surface area contributed by atoms with Gasteiger partial charge < -0.3 is 5.32 Å². The van der Waals surface area contributed by atoms with Crippen molar-refractivity contribution < 1.29 is 0 Å². The summed E-state index contributed by atoms with van der Waals surface area (Å²) in [6, 6.07) is 0. The molecule has 1 aromatic heterocycles. The molecule has 0 aromatic carbocycles. The monoisotopic (exact) mass is 210 g/mol. The van der Waals surface area contributed by atoms with Crippen LogP contribution in [0.1, 0.15) is 52.2 Å². The maximum absolute atomic E-state index is 4.50. The van der Waals surface area contributed by atoms with Crippen molar-refractivity contribution >= 4 is 0 Å². The van der Waals surface area contributed by atoms with E-state index in [1.54, 1.807) is 0 Å². The van der Waals surface area contributed by atoms with Crippen LogP contribution in [-0.4, -0.2) is 20.3 Å². The van der Waals surface area contributed by atoms with Gasteiger partial charge in [-0.3, -0.25) is 4.68 Å². The van der Waals surface area contributed by atoms with Crippen LogP contribution >= 0.6 is 0 Å². The molecule has 0 saturated heterocycles. The Morgan fingerprint density at radius 2 is 1.93 bits per heavy atom. The highest BCUT2D eigenvalue weighted by Crippen LogP contribution is 2.10. The second kappa shape index (κ2) is 4.31. The Kier molecular flexibility index (Phi) is 3.50. The normalized spacial score (nSPS) is 12.5. The van der Waals surface area contributed by atoms with Crippen LogP contribution in [0.5, 0.6) is 0 Å². The molecule has 15 heavy (non-hydrogen) atoms. The third-order valence-corrected chi connectivity index (χ3v) is 2.16. The second-order valence-corrected chi connectivity index (χ2v) is 5.27. The van der Waals surface area contributed by atoms with Gasteiger partial charge >= 0.3 is 0 Å². The zero-order valence-corrected chi connectivity index (χ0v) is 10.6. The van der Waals surface area contributed by atoms with E-state index in [0.717, 1.165) is 18.2 Å². The van der Waals surface area contributed by atoms with E-state index in [0.29, 0.717) is 5.92 Å². The van der Waals surface area contributed by atoms with Crippen LogP contribution in [0.3, 0.4) is 0 Å². The summed E-state index contributed by atoms with van der Waals surface area (Å²) in [5.74, 6) is 2.30. The average molecular weight is 210 g/mol.